The predicted octanol–water partition coefficient (Wildman–Crippen LogP) is 2.30. The molecule has 1 aliphatic rings. The van der Waals surface area contributed by atoms with Crippen LogP contribution in [-0.2, 0) is 19.5 Å². The predicted molar refractivity (Wildman–Crippen MR) is 107 cm³/mol. The van der Waals surface area contributed by atoms with Crippen molar-refractivity contribution in [2.24, 2.45) is 0 Å². The van der Waals surface area contributed by atoms with E-state index < -0.39 is 34.4 Å². The van der Waals surface area contributed by atoms with Crippen LogP contribution in [0.1, 0.15) is 43.9 Å². The van der Waals surface area contributed by atoms with E-state index in [0.717, 1.165) is 12.8 Å². The Morgan fingerprint density at radius 1 is 0.900 bits per heavy atom. The summed E-state index contributed by atoms with van der Waals surface area (Å²) >= 11 is 0. The minimum atomic E-state index is -3.57. The molecule has 2 aromatic rings. The molecule has 1 heterocycles. The highest BCUT2D eigenvalue weighted by atomic mass is 32.2. The average Bonchev–Trinajstić information content (AvgIpc) is 3.32. The van der Waals surface area contributed by atoms with Gasteiger partial charge in [-0.05, 0) is 49.2 Å². The van der Waals surface area contributed by atoms with Crippen molar-refractivity contribution in [3.05, 3.63) is 65.2 Å². The molecule has 0 unspecified atom stereocenters. The van der Waals surface area contributed by atoms with Crippen molar-refractivity contribution in [3.8, 4) is 0 Å². The van der Waals surface area contributed by atoms with Gasteiger partial charge in [-0.25, -0.2) is 18.0 Å². The van der Waals surface area contributed by atoms with E-state index in [9.17, 15) is 22.8 Å². The zero-order valence-corrected chi connectivity index (χ0v) is 17.2. The highest BCUT2D eigenvalue weighted by molar-refractivity contribution is 7.89. The van der Waals surface area contributed by atoms with Gasteiger partial charge in [0.2, 0.25) is 10.0 Å². The third kappa shape index (κ3) is 4.58. The van der Waals surface area contributed by atoms with Gasteiger partial charge in [-0.3, -0.25) is 4.79 Å². The second kappa shape index (κ2) is 9.19. The monoisotopic (exact) mass is 431 g/mol. The Bertz CT molecular complexity index is 1060. The van der Waals surface area contributed by atoms with E-state index in [-0.39, 0.29) is 21.6 Å². The minimum Gasteiger partial charge on any atom is -0.465 e. The fraction of sp³-hybridized carbons (Fsp3) is 0.286. The number of hydrogen-bond acceptors (Lipinski definition) is 7. The molecule has 0 aliphatic carbocycles. The quantitative estimate of drug-likeness (QED) is 0.489. The molecule has 0 bridgehead atoms. The molecule has 158 valence electrons. The van der Waals surface area contributed by atoms with Gasteiger partial charge >= 0.3 is 11.9 Å². The summed E-state index contributed by atoms with van der Waals surface area (Å²) in [5.74, 6) is -2.02. The van der Waals surface area contributed by atoms with E-state index in [1.165, 1.54) is 47.8 Å². The maximum atomic E-state index is 12.5. The Hall–Kier alpha value is -3.04. The van der Waals surface area contributed by atoms with Crippen LogP contribution in [0.2, 0.25) is 0 Å². The number of rotatable bonds is 7. The van der Waals surface area contributed by atoms with E-state index in [1.807, 2.05) is 0 Å². The number of esters is 2. The summed E-state index contributed by atoms with van der Waals surface area (Å²) in [6.07, 6.45) is 1.67. The Labute approximate surface area is 174 Å². The Kier molecular flexibility index (Phi) is 6.63. The maximum Gasteiger partial charge on any atom is 0.339 e. The molecule has 1 saturated heterocycles. The van der Waals surface area contributed by atoms with Crippen LogP contribution in [0.3, 0.4) is 0 Å². The summed E-state index contributed by atoms with van der Waals surface area (Å²) in [5, 5.41) is 0. The molecule has 1 aliphatic heterocycles. The number of carbonyl (C=O) groups excluding carboxylic acids is 3. The highest BCUT2D eigenvalue weighted by Gasteiger charge is 2.27. The van der Waals surface area contributed by atoms with Crippen molar-refractivity contribution in [2.45, 2.75) is 17.7 Å². The maximum absolute atomic E-state index is 12.5. The van der Waals surface area contributed by atoms with Crippen molar-refractivity contribution in [3.63, 3.8) is 0 Å². The van der Waals surface area contributed by atoms with E-state index >= 15 is 0 Å². The fourth-order valence-electron chi connectivity index (χ4n) is 3.13. The van der Waals surface area contributed by atoms with Gasteiger partial charge in [0, 0.05) is 18.7 Å². The first-order valence-electron chi connectivity index (χ1n) is 9.32. The molecule has 1 fully saturated rings. The summed E-state index contributed by atoms with van der Waals surface area (Å²) in [6.45, 7) is 0.435. The molecular formula is C21H21NO7S. The topological polar surface area (TPSA) is 107 Å². The van der Waals surface area contributed by atoms with Crippen LogP contribution in [0, 0.1) is 0 Å². The lowest BCUT2D eigenvalue weighted by Gasteiger charge is -2.15. The van der Waals surface area contributed by atoms with Gasteiger partial charge in [-0.2, -0.15) is 4.31 Å². The molecule has 0 N–H and O–H groups in total. The zero-order valence-electron chi connectivity index (χ0n) is 16.4. The number of nitrogens with zero attached hydrogens (tertiary/aromatic N) is 1. The first-order valence-corrected chi connectivity index (χ1v) is 10.8. The Morgan fingerprint density at radius 2 is 1.47 bits per heavy atom. The highest BCUT2D eigenvalue weighted by Crippen LogP contribution is 2.21. The van der Waals surface area contributed by atoms with E-state index in [1.54, 1.807) is 12.1 Å². The molecule has 0 radical (unpaired) electrons. The summed E-state index contributed by atoms with van der Waals surface area (Å²) in [5.41, 5.74) is 0.238. The van der Waals surface area contributed by atoms with Crippen LogP contribution in [0.5, 0.6) is 0 Å². The van der Waals surface area contributed by atoms with Crippen LogP contribution < -0.4 is 0 Å². The van der Waals surface area contributed by atoms with Crippen molar-refractivity contribution in [1.29, 1.82) is 0 Å². The second-order valence-corrected chi connectivity index (χ2v) is 8.61. The first-order chi connectivity index (χ1) is 14.3. The Morgan fingerprint density at radius 3 is 2.03 bits per heavy atom. The third-order valence-electron chi connectivity index (χ3n) is 4.77. The molecule has 0 saturated carbocycles. The van der Waals surface area contributed by atoms with Gasteiger partial charge < -0.3 is 9.47 Å². The number of Topliss-reactive ketones (excluding diaryl/α,β-unsaturated/α-hetero) is 1. The minimum absolute atomic E-state index is 0.01000. The standard InChI is InChI=1S/C21H21NO7S/c1-28-20(24)17-6-2-3-7-18(17)21(25)29-14-19(23)15-8-10-16(11-9-15)30(26,27)22-12-4-5-13-22/h2-3,6-11H,4-5,12-14H2,1H3. The van der Waals surface area contributed by atoms with Crippen LogP contribution in [0.4, 0.5) is 0 Å². The number of ether oxygens (including phenoxy) is 2. The number of sulfonamides is 1. The van der Waals surface area contributed by atoms with Crippen molar-refractivity contribution in [1.82, 2.24) is 4.31 Å². The number of hydrogen-bond donors (Lipinski definition) is 0. The summed E-state index contributed by atoms with van der Waals surface area (Å²) in [6, 6.07) is 11.5. The van der Waals surface area contributed by atoms with Crippen molar-refractivity contribution >= 4 is 27.7 Å². The van der Waals surface area contributed by atoms with Crippen LogP contribution in [0.15, 0.2) is 53.4 Å². The first kappa shape index (κ1) is 21.7. The molecule has 8 nitrogen and oxygen atoms in total. The summed E-state index contributed by atoms with van der Waals surface area (Å²) in [7, 11) is -2.37. The van der Waals surface area contributed by atoms with Crippen LogP contribution >= 0.6 is 0 Å². The van der Waals surface area contributed by atoms with E-state index in [2.05, 4.69) is 4.74 Å². The van der Waals surface area contributed by atoms with Gasteiger partial charge in [-0.1, -0.05) is 12.1 Å². The van der Waals surface area contributed by atoms with E-state index in [4.69, 9.17) is 4.74 Å². The molecule has 30 heavy (non-hydrogen) atoms. The number of methoxy groups -OCH3 is 1. The Balaban J connectivity index is 1.66. The zero-order chi connectivity index (χ0) is 21.7. The van der Waals surface area contributed by atoms with Crippen LogP contribution in [-0.4, -0.2) is 57.3 Å². The molecule has 3 rings (SSSR count). The molecule has 0 spiro atoms. The largest absolute Gasteiger partial charge is 0.465 e. The lowest BCUT2D eigenvalue weighted by atomic mass is 10.1. The molecule has 0 aromatic heterocycles. The molecule has 0 amide bonds. The third-order valence-corrected chi connectivity index (χ3v) is 6.68. The lowest BCUT2D eigenvalue weighted by Crippen LogP contribution is -2.27. The van der Waals surface area contributed by atoms with Gasteiger partial charge in [0.25, 0.3) is 0 Å². The normalized spacial score (nSPS) is 14.3. The number of ketones is 1. The molecule has 9 heteroatoms. The number of benzene rings is 2. The van der Waals surface area contributed by atoms with Crippen LogP contribution in [0.25, 0.3) is 0 Å². The van der Waals surface area contributed by atoms with Crippen molar-refractivity contribution < 1.29 is 32.3 Å². The lowest BCUT2D eigenvalue weighted by molar-refractivity contribution is 0.0463. The van der Waals surface area contributed by atoms with Gasteiger partial charge in [0.05, 0.1) is 23.1 Å². The average molecular weight is 431 g/mol. The SMILES string of the molecule is COC(=O)c1ccccc1C(=O)OCC(=O)c1ccc(S(=O)(=O)N2CCCC2)cc1. The fourth-order valence-corrected chi connectivity index (χ4v) is 4.65. The van der Waals surface area contributed by atoms with Gasteiger partial charge in [0.15, 0.2) is 12.4 Å². The van der Waals surface area contributed by atoms with Gasteiger partial charge in [-0.15, -0.1) is 0 Å². The summed E-state index contributed by atoms with van der Waals surface area (Å²) in [4.78, 5) is 36.5. The summed E-state index contributed by atoms with van der Waals surface area (Å²) < 4.78 is 36.2. The molecule has 0 atom stereocenters. The second-order valence-electron chi connectivity index (χ2n) is 6.67. The van der Waals surface area contributed by atoms with Crippen molar-refractivity contribution in [2.75, 3.05) is 26.8 Å². The number of carbonyl (C=O) groups is 3. The van der Waals surface area contributed by atoms with Gasteiger partial charge in [0.1, 0.15) is 0 Å². The molecule has 2 aromatic carbocycles. The molecular weight excluding hydrogens is 410 g/mol. The van der Waals surface area contributed by atoms with E-state index in [0.29, 0.717) is 13.1 Å². The smallest absolute Gasteiger partial charge is 0.339 e.